The Balaban J connectivity index is 0. The number of nitrogens with zero attached hydrogens (tertiary/aromatic N) is 1. The summed E-state index contributed by atoms with van der Waals surface area (Å²) >= 11 is 0. The van der Waals surface area contributed by atoms with Crippen LogP contribution in [0.5, 0.6) is 5.75 Å². The van der Waals surface area contributed by atoms with Gasteiger partial charge >= 0.3 is 6.18 Å². The number of carbonyl (C=O) groups excluding carboxylic acids is 2. The Morgan fingerprint density at radius 2 is 1.55 bits per heavy atom. The number of ether oxygens (including phenoxy) is 1. The van der Waals surface area contributed by atoms with Gasteiger partial charge in [-0.1, -0.05) is 87.5 Å². The van der Waals surface area contributed by atoms with Crippen molar-refractivity contribution in [3.63, 3.8) is 0 Å². The summed E-state index contributed by atoms with van der Waals surface area (Å²) in [6.45, 7) is 35.7. The van der Waals surface area contributed by atoms with E-state index in [1.807, 2.05) is 86.6 Å². The van der Waals surface area contributed by atoms with Crippen LogP contribution in [0.25, 0.3) is 16.5 Å². The van der Waals surface area contributed by atoms with Gasteiger partial charge in [0.05, 0.1) is 32.8 Å². The Morgan fingerprint density at radius 1 is 1.00 bits per heavy atom. The van der Waals surface area contributed by atoms with Crippen molar-refractivity contribution in [1.82, 2.24) is 15.0 Å². The molecule has 11 heteroatoms. The van der Waals surface area contributed by atoms with Gasteiger partial charge < -0.3 is 14.8 Å². The molecular weight excluding hydrogens is 784 g/mol. The van der Waals surface area contributed by atoms with Gasteiger partial charge in [0.15, 0.2) is 0 Å². The summed E-state index contributed by atoms with van der Waals surface area (Å²) in [6, 6.07) is 5.66. The Kier molecular flexibility index (Phi) is 27.1. The van der Waals surface area contributed by atoms with E-state index in [9.17, 15) is 27.0 Å². The molecule has 2 N–H and O–H groups in total. The largest absolute Gasteiger partial charge is 0.496 e. The van der Waals surface area contributed by atoms with Gasteiger partial charge in [-0.25, -0.2) is 9.19 Å². The van der Waals surface area contributed by atoms with Crippen molar-refractivity contribution in [2.75, 3.05) is 7.11 Å². The third-order valence-electron chi connectivity index (χ3n) is 9.93. The monoisotopic (exact) mass is 864 g/mol. The highest BCUT2D eigenvalue weighted by atomic mass is 32.2. The molecule has 0 radical (unpaired) electrons. The maximum Gasteiger partial charge on any atom is 0.415 e. The molecule has 60 heavy (non-hydrogen) atoms. The molecule has 1 aromatic carbocycles. The van der Waals surface area contributed by atoms with E-state index in [2.05, 4.69) is 42.6 Å². The first-order valence-electron chi connectivity index (χ1n) is 21.7. The zero-order valence-corrected chi connectivity index (χ0v) is 40.5. The summed E-state index contributed by atoms with van der Waals surface area (Å²) in [5.41, 5.74) is 2.29. The number of alkyl halides is 3. The molecule has 1 heterocycles. The summed E-state index contributed by atoms with van der Waals surface area (Å²) in [5, 5.41) is 4.24. The number of halogens is 3. The number of methoxy groups -OCH3 is 1. The molecule has 1 amide bonds. The van der Waals surface area contributed by atoms with Crippen LogP contribution in [0.15, 0.2) is 61.4 Å². The molecule has 2 unspecified atom stereocenters. The maximum atomic E-state index is 13.2. The fourth-order valence-electron chi connectivity index (χ4n) is 5.68. The van der Waals surface area contributed by atoms with Gasteiger partial charge in [0.2, 0.25) is 0 Å². The number of aryl methyl sites for hydroxylation is 2. The van der Waals surface area contributed by atoms with E-state index < -0.39 is 31.7 Å². The van der Waals surface area contributed by atoms with E-state index in [0.29, 0.717) is 41.8 Å². The van der Waals surface area contributed by atoms with Gasteiger partial charge in [0, 0.05) is 22.2 Å². The normalized spacial score (nSPS) is 15.5. The quantitative estimate of drug-likeness (QED) is 0.0711. The maximum absolute atomic E-state index is 13.2. The third-order valence-corrected chi connectivity index (χ3v) is 12.4. The number of Topliss-reactive ketones (excluding diaryl/α,β-unsaturated/α-hetero) is 1. The van der Waals surface area contributed by atoms with Crippen molar-refractivity contribution in [2.24, 2.45) is 5.92 Å². The van der Waals surface area contributed by atoms with Crippen molar-refractivity contribution < 1.29 is 31.7 Å². The molecule has 0 aliphatic heterocycles. The van der Waals surface area contributed by atoms with Gasteiger partial charge in [-0.2, -0.15) is 13.2 Å². The molecule has 7 nitrogen and oxygen atoms in total. The number of hydrogen-bond donors (Lipinski definition) is 2. The molecule has 2 aromatic rings. The summed E-state index contributed by atoms with van der Waals surface area (Å²) in [4.78, 5) is 27.2. The van der Waals surface area contributed by atoms with Crippen LogP contribution in [-0.4, -0.2) is 50.3 Å². The number of unbranched alkanes of at least 4 members (excludes halogenated alkanes) is 3. The number of fused-ring (bicyclic) bond motifs is 1. The number of rotatable bonds is 17. The lowest BCUT2D eigenvalue weighted by Gasteiger charge is -2.26. The second-order valence-electron chi connectivity index (χ2n) is 15.1. The minimum absolute atomic E-state index is 0.0430. The average molecular weight is 864 g/mol. The van der Waals surface area contributed by atoms with E-state index in [-0.39, 0.29) is 17.6 Å². The van der Waals surface area contributed by atoms with E-state index in [4.69, 9.17) is 9.72 Å². The number of amides is 1. The molecule has 2 aliphatic rings. The van der Waals surface area contributed by atoms with Gasteiger partial charge in [0.1, 0.15) is 17.1 Å². The predicted molar refractivity (Wildman–Crippen MR) is 254 cm³/mol. The fourth-order valence-corrected chi connectivity index (χ4v) is 7.18. The summed E-state index contributed by atoms with van der Waals surface area (Å²) in [6.07, 6.45) is 8.72. The number of hydrogen-bond acceptors (Lipinski definition) is 6. The lowest BCUT2D eigenvalue weighted by atomic mass is 9.94. The molecule has 2 saturated carbocycles. The molecule has 2 atom stereocenters. The molecule has 4 rings (SSSR count). The Bertz CT molecular complexity index is 1820. The highest BCUT2D eigenvalue weighted by molar-refractivity contribution is 8.00. The fraction of sp³-hybridized carbons (Fsp3) is 0.592. The smallest absolute Gasteiger partial charge is 0.415 e. The topological polar surface area (TPSA) is 97.4 Å². The number of allylic oxidation sites excluding steroid dienone is 5. The molecule has 2 aliphatic carbocycles. The molecule has 342 valence electrons. The first-order chi connectivity index (χ1) is 28.1. The first kappa shape index (κ1) is 58.2. The number of carbonyl (C=O) groups is 2. The number of ketones is 1. The van der Waals surface area contributed by atoms with Gasteiger partial charge in [-0.15, -0.1) is 6.58 Å². The minimum atomic E-state index is -4.52. The second kappa shape index (κ2) is 27.9. The molecule has 1 aromatic heterocycles. The van der Waals surface area contributed by atoms with Crippen molar-refractivity contribution in [2.45, 2.75) is 177 Å². The molecule has 0 saturated heterocycles. The number of nitrogens with one attached hydrogen (secondary N) is 2. The van der Waals surface area contributed by atoms with Crippen LogP contribution in [0.1, 0.15) is 164 Å². The number of pyridine rings is 1. The Labute approximate surface area is 363 Å². The van der Waals surface area contributed by atoms with Crippen LogP contribution >= 0.6 is 0 Å². The average Bonchev–Trinajstić information content (AvgIpc) is 4.15. The van der Waals surface area contributed by atoms with E-state index in [1.54, 1.807) is 14.0 Å². The zero-order valence-electron chi connectivity index (χ0n) is 39.7. The summed E-state index contributed by atoms with van der Waals surface area (Å²) in [5.74, 6) is 4.40. The molecular formula is C49H80F3N3O4S. The van der Waals surface area contributed by atoms with Gasteiger partial charge in [-0.05, 0) is 140 Å². The Morgan fingerprint density at radius 3 is 2.00 bits per heavy atom. The van der Waals surface area contributed by atoms with Crippen LogP contribution in [-0.2, 0) is 25.7 Å². The standard InChI is InChI=1S/C33H42F3N3O3S.C7H14.C3H6O.3C2H6/c1-20(24(5)38-32(16-17-32)30(40)39-43(8,41)31(6)14-15-31)10-9-11-25-19-27(21(2)18-22(3)33(34,35)36)37-29-23(4)28(42-7)13-12-26(25)29;1-3-5-7-6-4-2;1-3(2)4;3*1-2/h12-13,18-20,38H,3,5,8-11,14-17H2,1-2,4,6-7H3,(H,39,40,41);3H,1,4-7H2,2H3;1-2H3;3*1-2H3/b21-18+;;;;;. The van der Waals surface area contributed by atoms with Crippen LogP contribution in [0, 0.1) is 12.8 Å². The lowest BCUT2D eigenvalue weighted by Crippen LogP contribution is -2.50. The molecule has 0 spiro atoms. The minimum Gasteiger partial charge on any atom is -0.496 e. The van der Waals surface area contributed by atoms with Crippen molar-refractivity contribution >= 4 is 43.7 Å². The van der Waals surface area contributed by atoms with E-state index >= 15 is 0 Å². The zero-order chi connectivity index (χ0) is 47.1. The Hall–Kier alpha value is -3.86. The number of benzene rings is 1. The van der Waals surface area contributed by atoms with Crippen molar-refractivity contribution in [3.05, 3.63) is 78.2 Å². The highest BCUT2D eigenvalue weighted by Crippen LogP contribution is 2.44. The van der Waals surface area contributed by atoms with Crippen LogP contribution in [0.4, 0.5) is 13.2 Å². The van der Waals surface area contributed by atoms with Crippen LogP contribution in [0.2, 0.25) is 0 Å². The van der Waals surface area contributed by atoms with Gasteiger partial charge in [0.25, 0.3) is 5.91 Å². The number of aromatic nitrogens is 1. The molecule has 0 bridgehead atoms. The van der Waals surface area contributed by atoms with Crippen LogP contribution in [0.3, 0.4) is 0 Å². The van der Waals surface area contributed by atoms with Gasteiger partial charge in [-0.3, -0.25) is 9.52 Å². The highest BCUT2D eigenvalue weighted by Gasteiger charge is 2.54. The lowest BCUT2D eigenvalue weighted by molar-refractivity contribution is -0.122. The van der Waals surface area contributed by atoms with E-state index in [1.165, 1.54) is 39.5 Å². The molecule has 2 fully saturated rings. The van der Waals surface area contributed by atoms with E-state index in [0.717, 1.165) is 54.0 Å². The summed E-state index contributed by atoms with van der Waals surface area (Å²) in [7, 11) is -1.16. The van der Waals surface area contributed by atoms with Crippen molar-refractivity contribution in [1.29, 1.82) is 0 Å². The van der Waals surface area contributed by atoms with Crippen LogP contribution < -0.4 is 14.8 Å². The predicted octanol–water partition coefficient (Wildman–Crippen LogP) is 13.4. The third kappa shape index (κ3) is 18.8. The van der Waals surface area contributed by atoms with Crippen molar-refractivity contribution in [3.8, 4) is 5.75 Å². The SMILES string of the molecule is C=C(NC1(C(=O)NS(=C)(=O)C2(C)CC2)CC1)C(C)CCCc1cc(/C(C)=C/C(=C)C(F)(F)F)nc2c(C)c(OC)ccc12.C=CCCCCC.CC.CC.CC.CC(C)=O. The summed E-state index contributed by atoms with van der Waals surface area (Å²) < 4.78 is 60.3. The first-order valence-corrected chi connectivity index (χ1v) is 23.5. The second-order valence-corrected chi connectivity index (χ2v) is 17.6.